The zero-order valence-electron chi connectivity index (χ0n) is 19.0. The molecule has 3 heterocycles. The van der Waals surface area contributed by atoms with Gasteiger partial charge in [-0.3, -0.25) is 9.69 Å². The predicted molar refractivity (Wildman–Crippen MR) is 134 cm³/mol. The lowest BCUT2D eigenvalue weighted by Crippen LogP contribution is -2.42. The molecule has 4 aromatic rings. The van der Waals surface area contributed by atoms with Crippen LogP contribution in [0.3, 0.4) is 0 Å². The second-order valence-electron chi connectivity index (χ2n) is 8.75. The minimum Gasteiger partial charge on any atom is -0.352 e. The minimum absolute atomic E-state index is 0.0137. The Labute approximate surface area is 204 Å². The second kappa shape index (κ2) is 10.3. The number of hydrogen-bond donors (Lipinski definition) is 1. The summed E-state index contributed by atoms with van der Waals surface area (Å²) in [5.74, 6) is 1.14. The van der Waals surface area contributed by atoms with Crippen molar-refractivity contribution in [3.05, 3.63) is 101 Å². The zero-order valence-corrected chi connectivity index (χ0v) is 19.7. The highest BCUT2D eigenvalue weighted by Crippen LogP contribution is 2.24. The van der Waals surface area contributed by atoms with Crippen molar-refractivity contribution in [1.29, 1.82) is 0 Å². The van der Waals surface area contributed by atoms with Crippen LogP contribution < -0.4 is 5.32 Å². The van der Waals surface area contributed by atoms with Crippen LogP contribution in [0.2, 0.25) is 5.02 Å². The van der Waals surface area contributed by atoms with E-state index < -0.39 is 0 Å². The molecule has 0 spiro atoms. The molecule has 0 unspecified atom stereocenters. The molecule has 1 aliphatic heterocycles. The van der Waals surface area contributed by atoms with Crippen LogP contribution in [-0.4, -0.2) is 38.2 Å². The number of piperidine rings is 1. The number of aromatic nitrogens is 3. The van der Waals surface area contributed by atoms with E-state index >= 15 is 0 Å². The van der Waals surface area contributed by atoms with Crippen molar-refractivity contribution < 1.29 is 4.79 Å². The molecule has 2 aromatic carbocycles. The Morgan fingerprint density at radius 3 is 2.56 bits per heavy atom. The van der Waals surface area contributed by atoms with E-state index in [2.05, 4.69) is 26.9 Å². The molecule has 6 nitrogen and oxygen atoms in total. The number of rotatable bonds is 7. The Hall–Kier alpha value is -3.35. The molecule has 0 bridgehead atoms. The Balaban J connectivity index is 1.28. The number of hydrogen-bond acceptors (Lipinski definition) is 3. The highest BCUT2D eigenvalue weighted by Gasteiger charge is 2.27. The van der Waals surface area contributed by atoms with E-state index in [0.717, 1.165) is 55.1 Å². The van der Waals surface area contributed by atoms with Gasteiger partial charge in [-0.15, -0.1) is 0 Å². The zero-order chi connectivity index (χ0) is 23.3. The maximum Gasteiger partial charge on any atom is 0.224 e. The van der Waals surface area contributed by atoms with Gasteiger partial charge in [0.05, 0.1) is 17.8 Å². The van der Waals surface area contributed by atoms with Gasteiger partial charge in [0.2, 0.25) is 5.91 Å². The SMILES string of the molecule is O=C(NCc1ccc(Cl)cc1)[C@H]1CCCN(Cc2cnn(-c3ccccc3)c2-n2cccc2)C1. The van der Waals surface area contributed by atoms with Gasteiger partial charge < -0.3 is 9.88 Å². The largest absolute Gasteiger partial charge is 0.352 e. The fourth-order valence-electron chi connectivity index (χ4n) is 4.59. The van der Waals surface area contributed by atoms with Gasteiger partial charge in [0.25, 0.3) is 0 Å². The van der Waals surface area contributed by atoms with Crippen molar-refractivity contribution in [3.63, 3.8) is 0 Å². The normalized spacial score (nSPS) is 16.4. The van der Waals surface area contributed by atoms with Crippen molar-refractivity contribution in [1.82, 2.24) is 24.6 Å². The van der Waals surface area contributed by atoms with Crippen LogP contribution in [0.5, 0.6) is 0 Å². The van der Waals surface area contributed by atoms with Crippen molar-refractivity contribution in [2.45, 2.75) is 25.9 Å². The Morgan fingerprint density at radius 2 is 1.79 bits per heavy atom. The number of nitrogens with zero attached hydrogens (tertiary/aromatic N) is 4. The van der Waals surface area contributed by atoms with Gasteiger partial charge in [-0.2, -0.15) is 5.10 Å². The number of para-hydroxylation sites is 1. The Bertz CT molecular complexity index is 1220. The molecule has 1 saturated heterocycles. The third-order valence-corrected chi connectivity index (χ3v) is 6.57. The van der Waals surface area contributed by atoms with Gasteiger partial charge in [0, 0.05) is 42.6 Å². The molecule has 0 saturated carbocycles. The lowest BCUT2D eigenvalue weighted by Gasteiger charge is -2.32. The molecule has 1 aliphatic rings. The van der Waals surface area contributed by atoms with Crippen molar-refractivity contribution in [3.8, 4) is 11.5 Å². The van der Waals surface area contributed by atoms with E-state index in [1.54, 1.807) is 0 Å². The molecule has 174 valence electrons. The van der Waals surface area contributed by atoms with Crippen LogP contribution in [0.25, 0.3) is 11.5 Å². The molecular weight excluding hydrogens is 446 g/mol. The van der Waals surface area contributed by atoms with E-state index in [9.17, 15) is 4.79 Å². The smallest absolute Gasteiger partial charge is 0.224 e. The van der Waals surface area contributed by atoms with Gasteiger partial charge in [-0.25, -0.2) is 4.68 Å². The maximum atomic E-state index is 12.9. The molecule has 2 aromatic heterocycles. The maximum absolute atomic E-state index is 12.9. The summed E-state index contributed by atoms with van der Waals surface area (Å²) in [6.45, 7) is 2.99. The first kappa shape index (κ1) is 22.4. The van der Waals surface area contributed by atoms with Gasteiger partial charge >= 0.3 is 0 Å². The summed E-state index contributed by atoms with van der Waals surface area (Å²) in [6.07, 6.45) is 7.96. The monoisotopic (exact) mass is 473 g/mol. The molecule has 7 heteroatoms. The van der Waals surface area contributed by atoms with Gasteiger partial charge in [0.15, 0.2) is 0 Å². The van der Waals surface area contributed by atoms with E-state index in [0.29, 0.717) is 11.6 Å². The molecular formula is C27H28ClN5O. The molecule has 1 N–H and O–H groups in total. The number of halogens is 1. The van der Waals surface area contributed by atoms with Crippen LogP contribution in [0.1, 0.15) is 24.0 Å². The summed E-state index contributed by atoms with van der Waals surface area (Å²) in [7, 11) is 0. The van der Waals surface area contributed by atoms with Crippen LogP contribution in [0.15, 0.2) is 85.3 Å². The molecule has 1 fully saturated rings. The van der Waals surface area contributed by atoms with Crippen LogP contribution in [-0.2, 0) is 17.9 Å². The summed E-state index contributed by atoms with van der Waals surface area (Å²) in [4.78, 5) is 15.3. The molecule has 0 radical (unpaired) electrons. The number of carbonyl (C=O) groups excluding carboxylic acids is 1. The van der Waals surface area contributed by atoms with Crippen molar-refractivity contribution >= 4 is 17.5 Å². The summed E-state index contributed by atoms with van der Waals surface area (Å²) in [5.41, 5.74) is 3.22. The second-order valence-corrected chi connectivity index (χ2v) is 9.19. The number of amides is 1. The fourth-order valence-corrected chi connectivity index (χ4v) is 4.71. The topological polar surface area (TPSA) is 55.1 Å². The Morgan fingerprint density at radius 1 is 1.03 bits per heavy atom. The van der Waals surface area contributed by atoms with E-state index in [1.807, 2.05) is 77.9 Å². The third-order valence-electron chi connectivity index (χ3n) is 6.32. The highest BCUT2D eigenvalue weighted by atomic mass is 35.5. The number of likely N-dealkylation sites (tertiary alicyclic amines) is 1. The molecule has 1 atom stereocenters. The number of nitrogens with one attached hydrogen (secondary N) is 1. The summed E-state index contributed by atoms with van der Waals surface area (Å²) < 4.78 is 4.09. The number of benzene rings is 2. The molecule has 1 amide bonds. The lowest BCUT2D eigenvalue weighted by atomic mass is 9.96. The standard InChI is InChI=1S/C27H28ClN5O/c28-24-12-10-21(11-13-24)17-29-26(34)22-7-6-14-31(19-22)20-23-18-30-33(25-8-2-1-3-9-25)27(23)32-15-4-5-16-32/h1-5,8-13,15-16,18,22H,6-7,14,17,19-20H2,(H,29,34)/t22-/m0/s1. The fraction of sp³-hybridized carbons (Fsp3) is 0.259. The quantitative estimate of drug-likeness (QED) is 0.417. The minimum atomic E-state index is -0.0137. The molecule has 0 aliphatic carbocycles. The third kappa shape index (κ3) is 5.08. The number of carbonyl (C=O) groups is 1. The van der Waals surface area contributed by atoms with E-state index in [4.69, 9.17) is 16.7 Å². The van der Waals surface area contributed by atoms with Gasteiger partial charge in [-0.1, -0.05) is 41.9 Å². The van der Waals surface area contributed by atoms with Gasteiger partial charge in [-0.05, 0) is 61.3 Å². The highest BCUT2D eigenvalue weighted by molar-refractivity contribution is 6.30. The average molecular weight is 474 g/mol. The van der Waals surface area contributed by atoms with E-state index in [-0.39, 0.29) is 11.8 Å². The summed E-state index contributed by atoms with van der Waals surface area (Å²) >= 11 is 5.96. The van der Waals surface area contributed by atoms with Gasteiger partial charge in [0.1, 0.15) is 5.82 Å². The van der Waals surface area contributed by atoms with Crippen LogP contribution in [0, 0.1) is 5.92 Å². The first-order chi connectivity index (χ1) is 16.7. The first-order valence-corrected chi connectivity index (χ1v) is 12.1. The van der Waals surface area contributed by atoms with Crippen LogP contribution in [0.4, 0.5) is 0 Å². The molecule has 34 heavy (non-hydrogen) atoms. The summed E-state index contributed by atoms with van der Waals surface area (Å²) in [6, 6.07) is 21.8. The van der Waals surface area contributed by atoms with Crippen molar-refractivity contribution in [2.24, 2.45) is 5.92 Å². The first-order valence-electron chi connectivity index (χ1n) is 11.7. The van der Waals surface area contributed by atoms with E-state index in [1.165, 1.54) is 0 Å². The molecule has 5 rings (SSSR count). The van der Waals surface area contributed by atoms with Crippen molar-refractivity contribution in [2.75, 3.05) is 13.1 Å². The summed E-state index contributed by atoms with van der Waals surface area (Å²) in [5, 5.41) is 8.52. The van der Waals surface area contributed by atoms with Crippen LogP contribution >= 0.6 is 11.6 Å². The lowest BCUT2D eigenvalue weighted by molar-refractivity contribution is -0.126. The predicted octanol–water partition coefficient (Wildman–Crippen LogP) is 4.84. The average Bonchev–Trinajstić information content (AvgIpc) is 3.54. The Kier molecular flexibility index (Phi) is 6.79.